The van der Waals surface area contributed by atoms with E-state index in [1.165, 1.54) is 0 Å². The Kier molecular flexibility index (Phi) is 2.82. The van der Waals surface area contributed by atoms with Crippen LogP contribution in [0.5, 0.6) is 0 Å². The van der Waals surface area contributed by atoms with Crippen molar-refractivity contribution in [3.8, 4) is 0 Å². The van der Waals surface area contributed by atoms with Gasteiger partial charge < -0.3 is 15.5 Å². The predicted molar refractivity (Wildman–Crippen MR) is 56.1 cm³/mol. The zero-order valence-corrected chi connectivity index (χ0v) is 9.00. The molecule has 1 aliphatic carbocycles. The number of carbonyl (C=O) groups is 1. The van der Waals surface area contributed by atoms with Gasteiger partial charge in [-0.3, -0.25) is 4.68 Å². The van der Waals surface area contributed by atoms with Crippen LogP contribution in [-0.2, 0) is 0 Å². The number of carboxylic acid groups (broad SMARTS) is 1. The average Bonchev–Trinajstić information content (AvgIpc) is 2.58. The summed E-state index contributed by atoms with van der Waals surface area (Å²) in [6, 6.07) is 2.05. The molecule has 0 bridgehead atoms. The van der Waals surface area contributed by atoms with Gasteiger partial charge in [-0.15, -0.1) is 0 Å². The van der Waals surface area contributed by atoms with Crippen LogP contribution in [0.1, 0.15) is 37.6 Å². The highest BCUT2D eigenvalue weighted by Gasteiger charge is 2.32. The molecule has 0 aromatic carbocycles. The van der Waals surface area contributed by atoms with Gasteiger partial charge in [-0.2, -0.15) is 5.10 Å². The molecule has 1 atom stereocenters. The predicted octanol–water partition coefficient (Wildman–Crippen LogP) is 0.907. The number of aliphatic hydroxyl groups is 1. The zero-order valence-electron chi connectivity index (χ0n) is 9.00. The van der Waals surface area contributed by atoms with Gasteiger partial charge in [0.2, 0.25) is 0 Å². The summed E-state index contributed by atoms with van der Waals surface area (Å²) in [7, 11) is 0. The number of aliphatic hydroxyl groups excluding tert-OH is 1. The Morgan fingerprint density at radius 2 is 2.38 bits per heavy atom. The Balaban J connectivity index is 1.89. The van der Waals surface area contributed by atoms with E-state index in [4.69, 9.17) is 5.11 Å². The highest BCUT2D eigenvalue weighted by molar-refractivity contribution is 5.65. The monoisotopic (exact) mass is 225 g/mol. The van der Waals surface area contributed by atoms with Gasteiger partial charge in [0, 0.05) is 12.2 Å². The van der Waals surface area contributed by atoms with Gasteiger partial charge in [0.1, 0.15) is 0 Å². The largest absolute Gasteiger partial charge is 0.465 e. The molecule has 2 rings (SSSR count). The van der Waals surface area contributed by atoms with Crippen molar-refractivity contribution in [1.29, 1.82) is 0 Å². The first-order valence-corrected chi connectivity index (χ1v) is 5.29. The molecule has 0 spiro atoms. The topological polar surface area (TPSA) is 87.4 Å². The summed E-state index contributed by atoms with van der Waals surface area (Å²) in [5.74, 6) is 0. The van der Waals surface area contributed by atoms with E-state index in [9.17, 15) is 9.90 Å². The van der Waals surface area contributed by atoms with Crippen molar-refractivity contribution in [3.05, 3.63) is 18.0 Å². The van der Waals surface area contributed by atoms with E-state index in [2.05, 4.69) is 10.4 Å². The smallest absolute Gasteiger partial charge is 0.404 e. The molecule has 0 saturated heterocycles. The minimum Gasteiger partial charge on any atom is -0.465 e. The standard InChI is InChI=1S/C10H15N3O3/c1-6(14)9-2-3-13(12-9)8-4-7(5-8)11-10(15)16/h2-3,6-8,11,14H,4-5H2,1H3,(H,15,16)/t6?,7-,8-. The van der Waals surface area contributed by atoms with Crippen molar-refractivity contribution in [1.82, 2.24) is 15.1 Å². The molecule has 88 valence electrons. The van der Waals surface area contributed by atoms with Crippen LogP contribution in [0.3, 0.4) is 0 Å². The molecule has 1 aliphatic rings. The van der Waals surface area contributed by atoms with Crippen LogP contribution < -0.4 is 5.32 Å². The van der Waals surface area contributed by atoms with Crippen LogP contribution in [0, 0.1) is 0 Å². The van der Waals surface area contributed by atoms with E-state index < -0.39 is 12.2 Å². The maximum Gasteiger partial charge on any atom is 0.404 e. The zero-order chi connectivity index (χ0) is 11.7. The first-order chi connectivity index (χ1) is 7.56. The van der Waals surface area contributed by atoms with E-state index in [0.717, 1.165) is 12.8 Å². The van der Waals surface area contributed by atoms with Crippen LogP contribution >= 0.6 is 0 Å². The van der Waals surface area contributed by atoms with Gasteiger partial charge in [0.25, 0.3) is 0 Å². The number of nitrogens with one attached hydrogen (secondary N) is 1. The molecule has 1 amide bonds. The Labute approximate surface area is 92.9 Å². The second kappa shape index (κ2) is 4.13. The molecule has 1 heterocycles. The molecular formula is C10H15N3O3. The lowest BCUT2D eigenvalue weighted by Crippen LogP contribution is -2.44. The lowest BCUT2D eigenvalue weighted by molar-refractivity contribution is 0.161. The molecule has 0 radical (unpaired) electrons. The summed E-state index contributed by atoms with van der Waals surface area (Å²) in [6.45, 7) is 1.67. The van der Waals surface area contributed by atoms with Gasteiger partial charge in [-0.25, -0.2) is 4.79 Å². The summed E-state index contributed by atoms with van der Waals surface area (Å²) in [5, 5.41) is 24.5. The lowest BCUT2D eigenvalue weighted by Gasteiger charge is -2.35. The Morgan fingerprint density at radius 1 is 1.69 bits per heavy atom. The molecule has 1 fully saturated rings. The first-order valence-electron chi connectivity index (χ1n) is 5.29. The number of rotatable bonds is 3. The number of hydrogen-bond donors (Lipinski definition) is 3. The van der Waals surface area contributed by atoms with Crippen molar-refractivity contribution < 1.29 is 15.0 Å². The van der Waals surface area contributed by atoms with E-state index in [1.807, 2.05) is 6.20 Å². The third kappa shape index (κ3) is 2.16. The van der Waals surface area contributed by atoms with Crippen LogP contribution in [0.15, 0.2) is 12.3 Å². The van der Waals surface area contributed by atoms with Crippen molar-refractivity contribution in [2.24, 2.45) is 0 Å². The van der Waals surface area contributed by atoms with Crippen molar-refractivity contribution in [2.75, 3.05) is 0 Å². The third-order valence-corrected chi connectivity index (χ3v) is 2.87. The van der Waals surface area contributed by atoms with Crippen molar-refractivity contribution in [2.45, 2.75) is 38.0 Å². The molecular weight excluding hydrogens is 210 g/mol. The van der Waals surface area contributed by atoms with Gasteiger partial charge in [0.15, 0.2) is 0 Å². The molecule has 16 heavy (non-hydrogen) atoms. The van der Waals surface area contributed by atoms with Gasteiger partial charge >= 0.3 is 6.09 Å². The van der Waals surface area contributed by atoms with Crippen LogP contribution in [0.2, 0.25) is 0 Å². The fourth-order valence-corrected chi connectivity index (χ4v) is 1.88. The molecule has 1 aromatic heterocycles. The summed E-state index contributed by atoms with van der Waals surface area (Å²) >= 11 is 0. The molecule has 0 aliphatic heterocycles. The normalized spacial score (nSPS) is 25.9. The van der Waals surface area contributed by atoms with E-state index in [0.29, 0.717) is 5.69 Å². The third-order valence-electron chi connectivity index (χ3n) is 2.87. The Bertz CT molecular complexity index is 382. The van der Waals surface area contributed by atoms with Crippen LogP contribution in [0.4, 0.5) is 4.79 Å². The Morgan fingerprint density at radius 3 is 2.88 bits per heavy atom. The molecule has 3 N–H and O–H groups in total. The van der Waals surface area contributed by atoms with Crippen LogP contribution in [0.25, 0.3) is 0 Å². The van der Waals surface area contributed by atoms with Gasteiger partial charge in [-0.05, 0) is 25.8 Å². The minimum atomic E-state index is -0.978. The lowest BCUT2D eigenvalue weighted by atomic mass is 9.87. The quantitative estimate of drug-likeness (QED) is 0.713. The van der Waals surface area contributed by atoms with Crippen molar-refractivity contribution >= 4 is 6.09 Å². The number of amides is 1. The Hall–Kier alpha value is -1.56. The number of hydrogen-bond acceptors (Lipinski definition) is 3. The summed E-state index contributed by atoms with van der Waals surface area (Å²) in [5.41, 5.74) is 0.648. The molecule has 1 unspecified atom stereocenters. The second-order valence-electron chi connectivity index (χ2n) is 4.17. The second-order valence-corrected chi connectivity index (χ2v) is 4.17. The highest BCUT2D eigenvalue weighted by atomic mass is 16.4. The first kappa shape index (κ1) is 10.9. The fraction of sp³-hybridized carbons (Fsp3) is 0.600. The van der Waals surface area contributed by atoms with Gasteiger partial charge in [-0.1, -0.05) is 0 Å². The fourth-order valence-electron chi connectivity index (χ4n) is 1.88. The highest BCUT2D eigenvalue weighted by Crippen LogP contribution is 2.31. The summed E-state index contributed by atoms with van der Waals surface area (Å²) in [4.78, 5) is 10.4. The van der Waals surface area contributed by atoms with E-state index in [1.54, 1.807) is 17.7 Å². The van der Waals surface area contributed by atoms with E-state index in [-0.39, 0.29) is 12.1 Å². The van der Waals surface area contributed by atoms with Crippen LogP contribution in [-0.4, -0.2) is 32.1 Å². The average molecular weight is 225 g/mol. The maximum absolute atomic E-state index is 10.4. The summed E-state index contributed by atoms with van der Waals surface area (Å²) in [6.07, 6.45) is 1.80. The minimum absolute atomic E-state index is 0.0294. The van der Waals surface area contributed by atoms with Crippen molar-refractivity contribution in [3.63, 3.8) is 0 Å². The number of nitrogens with zero attached hydrogens (tertiary/aromatic N) is 2. The molecule has 6 nitrogen and oxygen atoms in total. The molecule has 1 aromatic rings. The van der Waals surface area contributed by atoms with E-state index >= 15 is 0 Å². The maximum atomic E-state index is 10.4. The molecule has 6 heteroatoms. The summed E-state index contributed by atoms with van der Waals surface area (Å²) < 4.78 is 1.79. The number of aromatic nitrogens is 2. The molecule has 1 saturated carbocycles. The van der Waals surface area contributed by atoms with Gasteiger partial charge in [0.05, 0.1) is 17.8 Å². The SMILES string of the molecule is CC(O)c1ccn([C@H]2C[C@H](NC(=O)O)C2)n1.